The summed E-state index contributed by atoms with van der Waals surface area (Å²) in [5.74, 6) is 1.30. The SMILES string of the molecule is CCc1nn(C)c(OC)c1CN=C(NCCN1CCOCC1)NCC(=O)N(C)C. The Labute approximate surface area is 173 Å². The van der Waals surface area contributed by atoms with Gasteiger partial charge in [0.05, 0.1) is 44.7 Å². The van der Waals surface area contributed by atoms with Crippen LogP contribution in [0.15, 0.2) is 4.99 Å². The van der Waals surface area contributed by atoms with E-state index in [0.29, 0.717) is 18.4 Å². The molecule has 1 aliphatic rings. The lowest BCUT2D eigenvalue weighted by Gasteiger charge is -2.26. The lowest BCUT2D eigenvalue weighted by Crippen LogP contribution is -2.46. The molecule has 1 aliphatic heterocycles. The summed E-state index contributed by atoms with van der Waals surface area (Å²) in [6.07, 6.45) is 0.800. The monoisotopic (exact) mass is 409 g/mol. The predicted octanol–water partition coefficient (Wildman–Crippen LogP) is -0.553. The van der Waals surface area contributed by atoms with Crippen LogP contribution in [0.3, 0.4) is 0 Å². The number of ether oxygens (including phenoxy) is 2. The molecular weight excluding hydrogens is 374 g/mol. The largest absolute Gasteiger partial charge is 0.481 e. The Morgan fingerprint density at radius 1 is 1.31 bits per heavy atom. The van der Waals surface area contributed by atoms with E-state index in [9.17, 15) is 4.79 Å². The zero-order valence-corrected chi connectivity index (χ0v) is 18.3. The van der Waals surface area contributed by atoms with Crippen LogP contribution in [0, 0.1) is 0 Å². The van der Waals surface area contributed by atoms with E-state index < -0.39 is 0 Å². The molecule has 0 unspecified atom stereocenters. The Morgan fingerprint density at radius 2 is 2.03 bits per heavy atom. The third-order valence-electron chi connectivity index (χ3n) is 4.82. The maximum atomic E-state index is 12.0. The summed E-state index contributed by atoms with van der Waals surface area (Å²) in [7, 11) is 6.97. The van der Waals surface area contributed by atoms with E-state index in [2.05, 4.69) is 32.5 Å². The van der Waals surface area contributed by atoms with Crippen molar-refractivity contribution in [2.24, 2.45) is 12.0 Å². The van der Waals surface area contributed by atoms with Gasteiger partial charge in [0.25, 0.3) is 0 Å². The number of guanidine groups is 1. The Kier molecular flexibility index (Phi) is 9.20. The molecule has 2 rings (SSSR count). The molecule has 0 spiro atoms. The second-order valence-electron chi connectivity index (χ2n) is 7.10. The summed E-state index contributed by atoms with van der Waals surface area (Å²) in [5, 5.41) is 11.0. The summed E-state index contributed by atoms with van der Waals surface area (Å²) >= 11 is 0. The van der Waals surface area contributed by atoms with E-state index in [1.807, 2.05) is 7.05 Å². The Hall–Kier alpha value is -2.33. The Morgan fingerprint density at radius 3 is 2.66 bits per heavy atom. The van der Waals surface area contributed by atoms with E-state index in [0.717, 1.165) is 57.1 Å². The van der Waals surface area contributed by atoms with Crippen LogP contribution in [0.1, 0.15) is 18.2 Å². The lowest BCUT2D eigenvalue weighted by molar-refractivity contribution is -0.127. The molecule has 164 valence electrons. The molecule has 10 nitrogen and oxygen atoms in total. The van der Waals surface area contributed by atoms with Crippen LogP contribution in [0.5, 0.6) is 5.88 Å². The molecule has 0 atom stereocenters. The molecule has 0 saturated carbocycles. The molecule has 0 aromatic carbocycles. The van der Waals surface area contributed by atoms with Gasteiger partial charge in [0, 0.05) is 47.3 Å². The molecule has 0 aliphatic carbocycles. The van der Waals surface area contributed by atoms with E-state index in [1.54, 1.807) is 30.8 Å². The highest BCUT2D eigenvalue weighted by molar-refractivity contribution is 5.86. The van der Waals surface area contributed by atoms with Gasteiger partial charge < -0.3 is 25.0 Å². The number of rotatable bonds is 9. The van der Waals surface area contributed by atoms with Crippen LogP contribution in [0.2, 0.25) is 0 Å². The smallest absolute Gasteiger partial charge is 0.241 e. The number of hydrogen-bond donors (Lipinski definition) is 2. The van der Waals surface area contributed by atoms with E-state index >= 15 is 0 Å². The number of methoxy groups -OCH3 is 1. The summed E-state index contributed by atoms with van der Waals surface area (Å²) in [4.78, 5) is 20.6. The maximum Gasteiger partial charge on any atom is 0.241 e. The molecule has 29 heavy (non-hydrogen) atoms. The highest BCUT2D eigenvalue weighted by atomic mass is 16.5. The van der Waals surface area contributed by atoms with Gasteiger partial charge in [0.15, 0.2) is 5.96 Å². The van der Waals surface area contributed by atoms with Crippen molar-refractivity contribution in [2.75, 3.05) is 67.1 Å². The molecular formula is C19H35N7O3. The van der Waals surface area contributed by atoms with Crippen molar-refractivity contribution in [1.82, 2.24) is 30.2 Å². The fraction of sp³-hybridized carbons (Fsp3) is 0.737. The standard InChI is InChI=1S/C19H35N7O3/c1-6-16-15(18(28-5)25(4)23-16)13-21-19(22-14-17(27)24(2)3)20-7-8-26-9-11-29-12-10-26/h6-14H2,1-5H3,(H2,20,21,22). The number of aromatic nitrogens is 2. The van der Waals surface area contributed by atoms with Crippen molar-refractivity contribution >= 4 is 11.9 Å². The van der Waals surface area contributed by atoms with Crippen molar-refractivity contribution in [3.63, 3.8) is 0 Å². The quantitative estimate of drug-likeness (QED) is 0.417. The van der Waals surface area contributed by atoms with Crippen LogP contribution in [-0.4, -0.2) is 98.6 Å². The van der Waals surface area contributed by atoms with Gasteiger partial charge in [0.1, 0.15) is 0 Å². The molecule has 0 bridgehead atoms. The molecule has 1 amide bonds. The van der Waals surface area contributed by atoms with Crippen LogP contribution in [-0.2, 0) is 29.5 Å². The average molecular weight is 410 g/mol. The molecule has 1 aromatic rings. The zero-order chi connectivity index (χ0) is 21.2. The Bertz CT molecular complexity index is 682. The molecule has 0 radical (unpaired) electrons. The van der Waals surface area contributed by atoms with Crippen molar-refractivity contribution < 1.29 is 14.3 Å². The van der Waals surface area contributed by atoms with Gasteiger partial charge in [0.2, 0.25) is 11.8 Å². The number of morpholine rings is 1. The third kappa shape index (κ3) is 6.90. The van der Waals surface area contributed by atoms with Crippen molar-refractivity contribution in [1.29, 1.82) is 0 Å². The van der Waals surface area contributed by atoms with Gasteiger partial charge in [-0.15, -0.1) is 0 Å². The fourth-order valence-corrected chi connectivity index (χ4v) is 3.11. The summed E-state index contributed by atoms with van der Waals surface area (Å²) in [6.45, 7) is 7.71. The number of nitrogens with one attached hydrogen (secondary N) is 2. The molecule has 10 heteroatoms. The van der Waals surface area contributed by atoms with Crippen molar-refractivity contribution in [3.8, 4) is 5.88 Å². The average Bonchev–Trinajstić information content (AvgIpc) is 3.04. The summed E-state index contributed by atoms with van der Waals surface area (Å²) in [6, 6.07) is 0. The van der Waals surface area contributed by atoms with Crippen LogP contribution >= 0.6 is 0 Å². The second-order valence-corrected chi connectivity index (χ2v) is 7.10. The minimum atomic E-state index is -0.0131. The first kappa shape index (κ1) is 23.0. The van der Waals surface area contributed by atoms with Crippen molar-refractivity contribution in [3.05, 3.63) is 11.3 Å². The topological polar surface area (TPSA) is 96.2 Å². The van der Waals surface area contributed by atoms with Crippen LogP contribution in [0.4, 0.5) is 0 Å². The molecule has 1 aromatic heterocycles. The number of hydrogen-bond acceptors (Lipinski definition) is 6. The Balaban J connectivity index is 2.03. The van der Waals surface area contributed by atoms with E-state index in [4.69, 9.17) is 9.47 Å². The summed E-state index contributed by atoms with van der Waals surface area (Å²) in [5.41, 5.74) is 1.93. The van der Waals surface area contributed by atoms with Gasteiger partial charge >= 0.3 is 0 Å². The number of amides is 1. The fourth-order valence-electron chi connectivity index (χ4n) is 3.11. The van der Waals surface area contributed by atoms with Gasteiger partial charge in [-0.1, -0.05) is 6.92 Å². The lowest BCUT2D eigenvalue weighted by atomic mass is 10.2. The van der Waals surface area contributed by atoms with E-state index in [-0.39, 0.29) is 12.5 Å². The van der Waals surface area contributed by atoms with Gasteiger partial charge in [-0.2, -0.15) is 5.10 Å². The van der Waals surface area contributed by atoms with Crippen molar-refractivity contribution in [2.45, 2.75) is 19.9 Å². The summed E-state index contributed by atoms with van der Waals surface area (Å²) < 4.78 is 12.6. The van der Waals surface area contributed by atoms with Gasteiger partial charge in [-0.25, -0.2) is 9.67 Å². The number of nitrogens with zero attached hydrogens (tertiary/aromatic N) is 5. The molecule has 2 N–H and O–H groups in total. The highest BCUT2D eigenvalue weighted by Gasteiger charge is 2.16. The highest BCUT2D eigenvalue weighted by Crippen LogP contribution is 2.22. The number of aliphatic imine (C=N–C) groups is 1. The first-order chi connectivity index (χ1) is 14.0. The molecule has 2 heterocycles. The molecule has 1 saturated heterocycles. The van der Waals surface area contributed by atoms with E-state index in [1.165, 1.54) is 0 Å². The first-order valence-electron chi connectivity index (χ1n) is 10.1. The van der Waals surface area contributed by atoms with Crippen LogP contribution < -0.4 is 15.4 Å². The number of likely N-dealkylation sites (N-methyl/N-ethyl adjacent to an activating group) is 1. The predicted molar refractivity (Wildman–Crippen MR) is 112 cm³/mol. The minimum Gasteiger partial charge on any atom is -0.481 e. The van der Waals surface area contributed by atoms with Gasteiger partial charge in [-0.3, -0.25) is 9.69 Å². The van der Waals surface area contributed by atoms with Crippen LogP contribution in [0.25, 0.3) is 0 Å². The normalized spacial score (nSPS) is 15.3. The number of carbonyl (C=O) groups excluding carboxylic acids is 1. The second kappa shape index (κ2) is 11.6. The zero-order valence-electron chi connectivity index (χ0n) is 18.3. The van der Waals surface area contributed by atoms with Gasteiger partial charge in [-0.05, 0) is 6.42 Å². The minimum absolute atomic E-state index is 0.0131. The maximum absolute atomic E-state index is 12.0. The molecule has 1 fully saturated rings. The number of aryl methyl sites for hydroxylation is 2. The first-order valence-corrected chi connectivity index (χ1v) is 10.1. The number of carbonyl (C=O) groups is 1. The third-order valence-corrected chi connectivity index (χ3v) is 4.82.